The zero-order valence-electron chi connectivity index (χ0n) is 7.73. The summed E-state index contributed by atoms with van der Waals surface area (Å²) in [5.41, 5.74) is 6.98. The largest absolute Gasteiger partial charge is 0.316 e. The second-order valence-corrected chi connectivity index (χ2v) is 4.64. The lowest BCUT2D eigenvalue weighted by atomic mass is 10.1. The van der Waals surface area contributed by atoms with Crippen molar-refractivity contribution in [1.82, 2.24) is 0 Å². The van der Waals surface area contributed by atoms with Crippen LogP contribution in [0.4, 0.5) is 0 Å². The Morgan fingerprint density at radius 3 is 2.54 bits per heavy atom. The van der Waals surface area contributed by atoms with Gasteiger partial charge in [-0.05, 0) is 25.3 Å². The molecule has 0 amide bonds. The molecule has 2 N–H and O–H groups in total. The average molecular weight is 195 g/mol. The maximum absolute atomic E-state index is 10.6. The Morgan fingerprint density at radius 1 is 1.38 bits per heavy atom. The molecule has 0 fully saturated rings. The van der Waals surface area contributed by atoms with Gasteiger partial charge in [-0.15, -0.1) is 0 Å². The summed E-state index contributed by atoms with van der Waals surface area (Å²) in [7, 11) is 0.0190. The predicted molar refractivity (Wildman–Crippen MR) is 55.0 cm³/mol. The van der Waals surface area contributed by atoms with E-state index in [1.807, 2.05) is 18.2 Å². The van der Waals surface area contributed by atoms with E-state index >= 15 is 0 Å². The van der Waals surface area contributed by atoms with Crippen molar-refractivity contribution in [3.8, 4) is 0 Å². The van der Waals surface area contributed by atoms with Crippen LogP contribution in [-0.4, -0.2) is 5.28 Å². The molecular weight excluding hydrogens is 181 g/mol. The molecule has 1 rings (SSSR count). The minimum atomic E-state index is -0.587. The van der Waals surface area contributed by atoms with Crippen LogP contribution in [-0.2, 0) is 11.0 Å². The third-order valence-electron chi connectivity index (χ3n) is 1.97. The quantitative estimate of drug-likeness (QED) is 0.750. The summed E-state index contributed by atoms with van der Waals surface area (Å²) in [6, 6.07) is 10.1. The van der Waals surface area contributed by atoms with Gasteiger partial charge in [0.05, 0.1) is 5.28 Å². The monoisotopic (exact) mass is 195 g/mol. The van der Waals surface area contributed by atoms with Crippen LogP contribution < -0.4 is 5.73 Å². The van der Waals surface area contributed by atoms with Crippen LogP contribution >= 0.6 is 8.46 Å². The molecule has 0 heterocycles. The van der Waals surface area contributed by atoms with Crippen LogP contribution in [0.25, 0.3) is 0 Å². The van der Waals surface area contributed by atoms with Crippen LogP contribution in [0.15, 0.2) is 30.3 Å². The normalized spacial score (nSPS) is 15.5. The lowest BCUT2D eigenvalue weighted by Gasteiger charge is -2.14. The van der Waals surface area contributed by atoms with Gasteiger partial charge < -0.3 is 5.73 Å². The molecule has 0 bridgehead atoms. The molecule has 0 radical (unpaired) electrons. The number of hydrogen-bond donors (Lipinski definition) is 1. The highest BCUT2D eigenvalue weighted by atomic mass is 31.1. The first-order valence-electron chi connectivity index (χ1n) is 4.31. The molecule has 70 valence electrons. The number of benzene rings is 1. The van der Waals surface area contributed by atoms with Crippen LogP contribution in [0.5, 0.6) is 0 Å². The molecule has 0 spiro atoms. The smallest absolute Gasteiger partial charge is 0.177 e. The van der Waals surface area contributed by atoms with Gasteiger partial charge in [0.25, 0.3) is 0 Å². The van der Waals surface area contributed by atoms with Crippen molar-refractivity contribution in [2.75, 3.05) is 0 Å². The summed E-state index contributed by atoms with van der Waals surface area (Å²) in [5.74, 6) is 0. The maximum Gasteiger partial charge on any atom is 0.177 e. The minimum Gasteiger partial charge on any atom is -0.316 e. The molecule has 0 aliphatic rings. The molecule has 13 heavy (non-hydrogen) atoms. The number of nitrogens with two attached hydrogens (primary N) is 1. The fourth-order valence-corrected chi connectivity index (χ4v) is 1.29. The van der Waals surface area contributed by atoms with Crippen LogP contribution in [0, 0.1) is 0 Å². The van der Waals surface area contributed by atoms with Crippen molar-refractivity contribution in [2.24, 2.45) is 5.73 Å². The zero-order chi connectivity index (χ0) is 9.73. The van der Waals surface area contributed by atoms with E-state index < -0.39 is 5.28 Å². The second-order valence-electron chi connectivity index (χ2n) is 3.43. The third kappa shape index (κ3) is 3.67. The molecular formula is C10H14NOP. The molecule has 1 aromatic rings. The SMILES string of the molecule is C[C@](N)(CCc1ccccc1)P=O. The highest BCUT2D eigenvalue weighted by Crippen LogP contribution is 2.21. The van der Waals surface area contributed by atoms with E-state index in [1.54, 1.807) is 6.92 Å². The highest BCUT2D eigenvalue weighted by Gasteiger charge is 2.17. The summed E-state index contributed by atoms with van der Waals surface area (Å²) >= 11 is 0. The molecule has 2 nitrogen and oxygen atoms in total. The Morgan fingerprint density at radius 2 is 2.00 bits per heavy atom. The van der Waals surface area contributed by atoms with E-state index in [4.69, 9.17) is 5.73 Å². The standard InChI is InChI=1S/C10H14NOP/c1-10(11,13-12)8-7-9-5-3-2-4-6-9/h2-6H,7-8,11H2,1H3/t10-/m1/s1. The first-order valence-corrected chi connectivity index (χ1v) is 5.13. The van der Waals surface area contributed by atoms with Gasteiger partial charge in [0.2, 0.25) is 0 Å². The molecule has 0 unspecified atom stereocenters. The van der Waals surface area contributed by atoms with Crippen LogP contribution in [0.2, 0.25) is 0 Å². The lowest BCUT2D eigenvalue weighted by Crippen LogP contribution is -2.29. The van der Waals surface area contributed by atoms with E-state index in [2.05, 4.69) is 12.1 Å². The molecule has 0 saturated carbocycles. The van der Waals surface area contributed by atoms with Gasteiger partial charge in [0.1, 0.15) is 0 Å². The second kappa shape index (κ2) is 4.50. The Bertz CT molecular complexity index is 272. The summed E-state index contributed by atoms with van der Waals surface area (Å²) in [4.78, 5) is 0. The summed E-state index contributed by atoms with van der Waals surface area (Å²) < 4.78 is 10.6. The van der Waals surface area contributed by atoms with Crippen molar-refractivity contribution in [3.63, 3.8) is 0 Å². The van der Waals surface area contributed by atoms with Crippen molar-refractivity contribution in [1.29, 1.82) is 0 Å². The molecule has 1 aromatic carbocycles. The molecule has 3 heteroatoms. The number of hydrogen-bond acceptors (Lipinski definition) is 2. The summed E-state index contributed by atoms with van der Waals surface area (Å²) in [5, 5.41) is -0.587. The van der Waals surface area contributed by atoms with E-state index in [-0.39, 0.29) is 8.46 Å². The van der Waals surface area contributed by atoms with Crippen LogP contribution in [0.1, 0.15) is 18.9 Å². The van der Waals surface area contributed by atoms with Gasteiger partial charge in [-0.1, -0.05) is 30.3 Å². The van der Waals surface area contributed by atoms with Gasteiger partial charge in [0, 0.05) is 0 Å². The molecule has 1 atom stereocenters. The van der Waals surface area contributed by atoms with E-state index in [0.29, 0.717) is 0 Å². The Balaban J connectivity index is 2.48. The van der Waals surface area contributed by atoms with Crippen molar-refractivity contribution < 1.29 is 4.57 Å². The Hall–Kier alpha value is -0.720. The van der Waals surface area contributed by atoms with Gasteiger partial charge in [-0.2, -0.15) is 0 Å². The summed E-state index contributed by atoms with van der Waals surface area (Å²) in [6.07, 6.45) is 1.62. The van der Waals surface area contributed by atoms with Crippen molar-refractivity contribution in [3.05, 3.63) is 35.9 Å². The Labute approximate surface area is 80.4 Å². The van der Waals surface area contributed by atoms with Gasteiger partial charge in [-0.3, -0.25) is 4.57 Å². The van der Waals surface area contributed by atoms with Crippen LogP contribution in [0.3, 0.4) is 0 Å². The third-order valence-corrected chi connectivity index (χ3v) is 2.61. The fraction of sp³-hybridized carbons (Fsp3) is 0.400. The maximum atomic E-state index is 10.6. The topological polar surface area (TPSA) is 43.1 Å². The van der Waals surface area contributed by atoms with E-state index in [1.165, 1.54) is 5.56 Å². The van der Waals surface area contributed by atoms with Crippen molar-refractivity contribution >= 4 is 8.46 Å². The first kappa shape index (κ1) is 10.4. The highest BCUT2D eigenvalue weighted by molar-refractivity contribution is 7.25. The minimum absolute atomic E-state index is 0.0190. The number of rotatable bonds is 4. The van der Waals surface area contributed by atoms with Gasteiger partial charge in [-0.25, -0.2) is 0 Å². The molecule has 0 aromatic heterocycles. The summed E-state index contributed by atoms with van der Waals surface area (Å²) in [6.45, 7) is 1.80. The molecule has 0 aliphatic heterocycles. The molecule has 0 aliphatic carbocycles. The predicted octanol–water partition coefficient (Wildman–Crippen LogP) is 2.59. The lowest BCUT2D eigenvalue weighted by molar-refractivity contribution is 0.541. The molecule has 0 saturated heterocycles. The Kier molecular flexibility index (Phi) is 3.58. The first-order chi connectivity index (χ1) is 6.14. The fourth-order valence-electron chi connectivity index (χ4n) is 1.09. The average Bonchev–Trinajstić information content (AvgIpc) is 2.17. The van der Waals surface area contributed by atoms with E-state index in [0.717, 1.165) is 12.8 Å². The van der Waals surface area contributed by atoms with Gasteiger partial charge >= 0.3 is 0 Å². The zero-order valence-corrected chi connectivity index (χ0v) is 8.63. The van der Waals surface area contributed by atoms with Crippen molar-refractivity contribution in [2.45, 2.75) is 25.0 Å². The van der Waals surface area contributed by atoms with E-state index in [9.17, 15) is 4.57 Å². The number of aryl methyl sites for hydroxylation is 1. The van der Waals surface area contributed by atoms with Gasteiger partial charge in [0.15, 0.2) is 8.46 Å².